The van der Waals surface area contributed by atoms with Gasteiger partial charge in [-0.1, -0.05) is 12.2 Å². The molecule has 0 radical (unpaired) electrons. The number of hydrogen-bond donors (Lipinski definition) is 0. The Hall–Kier alpha value is -3.03. The first kappa shape index (κ1) is 20.7. The molecule has 0 aromatic heterocycles. The molecule has 0 unspecified atom stereocenters. The first-order chi connectivity index (χ1) is 14.0. The molecule has 0 bridgehead atoms. The fourth-order valence-corrected chi connectivity index (χ4v) is 3.75. The molecule has 2 atom stereocenters. The summed E-state index contributed by atoms with van der Waals surface area (Å²) >= 11 is 0. The van der Waals surface area contributed by atoms with E-state index in [1.165, 1.54) is 26.2 Å². The van der Waals surface area contributed by atoms with Gasteiger partial charge in [0.2, 0.25) is 17.6 Å². The lowest BCUT2D eigenvalue weighted by Gasteiger charge is -2.15. The van der Waals surface area contributed by atoms with Crippen LogP contribution in [0.2, 0.25) is 0 Å². The number of nitrogens with zero attached hydrogens (tertiary/aromatic N) is 1. The number of rotatable bonds is 8. The highest BCUT2D eigenvalue weighted by atomic mass is 16.5. The van der Waals surface area contributed by atoms with Crippen LogP contribution in [0.5, 0.6) is 17.2 Å². The standard InChI is InChI=1S/C21H25NO7/c1-26-16-10-13(11-17(27-2)19(16)28-3)12-29-18(23)8-9-22-20(24)14-6-4-5-7-15(14)21(22)25/h4-5,10-11,14-15H,6-9,12H2,1-3H3/t14-,15-/m1/s1. The van der Waals surface area contributed by atoms with Crippen LogP contribution in [0.4, 0.5) is 0 Å². The van der Waals surface area contributed by atoms with Crippen LogP contribution < -0.4 is 14.2 Å². The van der Waals surface area contributed by atoms with E-state index in [0.29, 0.717) is 35.7 Å². The third-order valence-electron chi connectivity index (χ3n) is 5.26. The Morgan fingerprint density at radius 2 is 1.52 bits per heavy atom. The number of benzene rings is 1. The van der Waals surface area contributed by atoms with E-state index in [1.807, 2.05) is 12.2 Å². The van der Waals surface area contributed by atoms with Gasteiger partial charge in [0.15, 0.2) is 11.5 Å². The summed E-state index contributed by atoms with van der Waals surface area (Å²) in [5.74, 6) is -0.0850. The summed E-state index contributed by atoms with van der Waals surface area (Å²) in [6.45, 7) is 0.0470. The zero-order chi connectivity index (χ0) is 21.0. The van der Waals surface area contributed by atoms with Crippen LogP contribution in [0.1, 0.15) is 24.8 Å². The molecule has 29 heavy (non-hydrogen) atoms. The van der Waals surface area contributed by atoms with Crippen molar-refractivity contribution < 1.29 is 33.3 Å². The molecule has 2 aliphatic rings. The topological polar surface area (TPSA) is 91.4 Å². The first-order valence-corrected chi connectivity index (χ1v) is 9.44. The van der Waals surface area contributed by atoms with Crippen LogP contribution in [-0.4, -0.2) is 50.6 Å². The number of esters is 1. The molecular formula is C21H25NO7. The van der Waals surface area contributed by atoms with Gasteiger partial charge in [0.25, 0.3) is 0 Å². The fourth-order valence-electron chi connectivity index (χ4n) is 3.75. The highest BCUT2D eigenvalue weighted by molar-refractivity contribution is 6.05. The van der Waals surface area contributed by atoms with E-state index < -0.39 is 5.97 Å². The third kappa shape index (κ3) is 4.21. The van der Waals surface area contributed by atoms with Gasteiger partial charge in [-0.2, -0.15) is 0 Å². The number of hydrogen-bond acceptors (Lipinski definition) is 7. The highest BCUT2D eigenvalue weighted by Crippen LogP contribution is 2.38. The van der Waals surface area contributed by atoms with E-state index in [4.69, 9.17) is 18.9 Å². The van der Waals surface area contributed by atoms with Crippen LogP contribution in [0.25, 0.3) is 0 Å². The molecule has 8 nitrogen and oxygen atoms in total. The van der Waals surface area contributed by atoms with Gasteiger partial charge in [0.1, 0.15) is 6.61 Å². The zero-order valence-electron chi connectivity index (χ0n) is 16.8. The number of ether oxygens (including phenoxy) is 4. The predicted molar refractivity (Wildman–Crippen MR) is 103 cm³/mol. The van der Waals surface area contributed by atoms with E-state index in [0.717, 1.165) is 0 Å². The van der Waals surface area contributed by atoms with E-state index >= 15 is 0 Å². The number of fused-ring (bicyclic) bond motifs is 1. The number of likely N-dealkylation sites (tertiary alicyclic amines) is 1. The molecule has 156 valence electrons. The molecule has 0 saturated carbocycles. The van der Waals surface area contributed by atoms with Crippen molar-refractivity contribution in [3.8, 4) is 17.2 Å². The van der Waals surface area contributed by atoms with Crippen molar-refractivity contribution in [3.05, 3.63) is 29.8 Å². The molecule has 1 aliphatic heterocycles. The minimum Gasteiger partial charge on any atom is -0.493 e. The molecule has 8 heteroatoms. The average molecular weight is 403 g/mol. The molecule has 1 aliphatic carbocycles. The van der Waals surface area contributed by atoms with Gasteiger partial charge < -0.3 is 18.9 Å². The predicted octanol–water partition coefficient (Wildman–Crippen LogP) is 2.10. The van der Waals surface area contributed by atoms with Crippen molar-refractivity contribution in [2.45, 2.75) is 25.9 Å². The van der Waals surface area contributed by atoms with Crippen molar-refractivity contribution in [3.63, 3.8) is 0 Å². The minimum absolute atomic E-state index is 0.00656. The molecule has 1 aromatic rings. The Labute approximate surface area is 169 Å². The van der Waals surface area contributed by atoms with E-state index in [1.54, 1.807) is 12.1 Å². The molecule has 1 heterocycles. The number of methoxy groups -OCH3 is 3. The monoisotopic (exact) mass is 403 g/mol. The summed E-state index contributed by atoms with van der Waals surface area (Å²) < 4.78 is 21.1. The lowest BCUT2D eigenvalue weighted by atomic mass is 9.85. The van der Waals surface area contributed by atoms with Crippen molar-refractivity contribution in [2.75, 3.05) is 27.9 Å². The second-order valence-corrected chi connectivity index (χ2v) is 6.93. The lowest BCUT2D eigenvalue weighted by molar-refractivity contribution is -0.146. The van der Waals surface area contributed by atoms with E-state index in [9.17, 15) is 14.4 Å². The van der Waals surface area contributed by atoms with Crippen molar-refractivity contribution >= 4 is 17.8 Å². The second-order valence-electron chi connectivity index (χ2n) is 6.93. The van der Waals surface area contributed by atoms with Crippen LogP contribution in [0.15, 0.2) is 24.3 Å². The van der Waals surface area contributed by atoms with Crippen molar-refractivity contribution in [1.29, 1.82) is 0 Å². The fraction of sp³-hybridized carbons (Fsp3) is 0.476. The SMILES string of the molecule is COc1cc(COC(=O)CCN2C(=O)[C@@H]3CC=CC[C@H]3C2=O)cc(OC)c1OC. The van der Waals surface area contributed by atoms with Crippen molar-refractivity contribution in [1.82, 2.24) is 4.90 Å². The van der Waals surface area contributed by atoms with Gasteiger partial charge in [-0.25, -0.2) is 0 Å². The molecule has 1 fully saturated rings. The summed E-state index contributed by atoms with van der Waals surface area (Å²) in [5.41, 5.74) is 0.665. The van der Waals surface area contributed by atoms with E-state index in [-0.39, 0.29) is 43.2 Å². The molecule has 2 amide bonds. The Balaban J connectivity index is 1.56. The summed E-state index contributed by atoms with van der Waals surface area (Å²) in [4.78, 5) is 38.2. The van der Waals surface area contributed by atoms with Gasteiger partial charge in [0, 0.05) is 6.54 Å². The lowest BCUT2D eigenvalue weighted by Crippen LogP contribution is -2.33. The number of imide groups is 1. The summed E-state index contributed by atoms with van der Waals surface area (Å²) in [6.07, 6.45) is 4.98. The van der Waals surface area contributed by atoms with Gasteiger partial charge in [-0.3, -0.25) is 19.3 Å². The Morgan fingerprint density at radius 1 is 0.966 bits per heavy atom. The molecule has 3 rings (SSSR count). The van der Waals surface area contributed by atoms with Crippen LogP contribution in [0, 0.1) is 11.8 Å². The van der Waals surface area contributed by atoms with Gasteiger partial charge >= 0.3 is 5.97 Å². The van der Waals surface area contributed by atoms with Crippen molar-refractivity contribution in [2.24, 2.45) is 11.8 Å². The summed E-state index contributed by atoms with van der Waals surface area (Å²) in [6, 6.07) is 3.39. The Kier molecular flexibility index (Phi) is 6.41. The number of carbonyl (C=O) groups is 3. The maximum Gasteiger partial charge on any atom is 0.307 e. The molecule has 0 spiro atoms. The molecule has 1 saturated heterocycles. The van der Waals surface area contributed by atoms with Crippen LogP contribution in [-0.2, 0) is 25.7 Å². The Morgan fingerprint density at radius 3 is 2.00 bits per heavy atom. The quantitative estimate of drug-likeness (QED) is 0.373. The Bertz CT molecular complexity index is 781. The van der Waals surface area contributed by atoms with Gasteiger partial charge in [0.05, 0.1) is 39.6 Å². The number of allylic oxidation sites excluding steroid dienone is 2. The summed E-state index contributed by atoms with van der Waals surface area (Å²) in [7, 11) is 4.52. The van der Waals surface area contributed by atoms with Crippen LogP contribution >= 0.6 is 0 Å². The van der Waals surface area contributed by atoms with Gasteiger partial charge in [-0.15, -0.1) is 0 Å². The van der Waals surface area contributed by atoms with Gasteiger partial charge in [-0.05, 0) is 30.5 Å². The second kappa shape index (κ2) is 8.98. The highest BCUT2D eigenvalue weighted by Gasteiger charge is 2.46. The van der Waals surface area contributed by atoms with Crippen LogP contribution in [0.3, 0.4) is 0 Å². The first-order valence-electron chi connectivity index (χ1n) is 9.44. The third-order valence-corrected chi connectivity index (χ3v) is 5.26. The number of amides is 2. The minimum atomic E-state index is -0.493. The smallest absolute Gasteiger partial charge is 0.307 e. The maximum atomic E-state index is 12.4. The van der Waals surface area contributed by atoms with E-state index in [2.05, 4.69) is 0 Å². The normalized spacial score (nSPS) is 20.4. The largest absolute Gasteiger partial charge is 0.493 e. The maximum absolute atomic E-state index is 12.4. The average Bonchev–Trinajstić information content (AvgIpc) is 2.99. The summed E-state index contributed by atoms with van der Waals surface area (Å²) in [5, 5.41) is 0. The molecule has 1 aromatic carbocycles. The number of carbonyl (C=O) groups excluding carboxylic acids is 3. The zero-order valence-corrected chi connectivity index (χ0v) is 16.8. The molecule has 0 N–H and O–H groups in total. The molecular weight excluding hydrogens is 378 g/mol.